The highest BCUT2D eigenvalue weighted by molar-refractivity contribution is 7.91. The van der Waals surface area contributed by atoms with Gasteiger partial charge in [-0.25, -0.2) is 8.42 Å². The Morgan fingerprint density at radius 3 is 2.50 bits per heavy atom. The molecule has 20 heavy (non-hydrogen) atoms. The molecule has 1 rings (SSSR count). The largest absolute Gasteiger partial charge is 0.337 e. The second kappa shape index (κ2) is 7.41. The maximum absolute atomic E-state index is 12.6. The Kier molecular flexibility index (Phi) is 6.45. The molecular formula is C14H28N2O3S. The summed E-state index contributed by atoms with van der Waals surface area (Å²) in [6.45, 7) is 6.64. The van der Waals surface area contributed by atoms with E-state index in [9.17, 15) is 13.2 Å². The van der Waals surface area contributed by atoms with E-state index in [1.807, 2.05) is 13.8 Å². The molecule has 6 heteroatoms. The maximum Gasteiger partial charge on any atom is 0.240 e. The number of hydrogen-bond acceptors (Lipinski definition) is 4. The fourth-order valence-corrected chi connectivity index (χ4v) is 4.24. The zero-order valence-electron chi connectivity index (χ0n) is 12.8. The van der Waals surface area contributed by atoms with E-state index in [1.165, 1.54) is 0 Å². The Labute approximate surface area is 122 Å². The highest BCUT2D eigenvalue weighted by atomic mass is 32.2. The Morgan fingerprint density at radius 2 is 2.05 bits per heavy atom. The molecule has 0 bridgehead atoms. The van der Waals surface area contributed by atoms with Gasteiger partial charge in [0.1, 0.15) is 0 Å². The van der Waals surface area contributed by atoms with Crippen LogP contribution >= 0.6 is 0 Å². The fraction of sp³-hybridized carbons (Fsp3) is 0.929. The zero-order chi connectivity index (χ0) is 15.3. The van der Waals surface area contributed by atoms with Crippen LogP contribution in [0.25, 0.3) is 0 Å². The summed E-state index contributed by atoms with van der Waals surface area (Å²) in [6.07, 6.45) is 3.25. The molecule has 2 N–H and O–H groups in total. The van der Waals surface area contributed by atoms with E-state index in [1.54, 1.807) is 4.90 Å². The van der Waals surface area contributed by atoms with Crippen LogP contribution in [0.15, 0.2) is 0 Å². The molecule has 5 nitrogen and oxygen atoms in total. The van der Waals surface area contributed by atoms with Crippen molar-refractivity contribution in [3.8, 4) is 0 Å². The third-order valence-electron chi connectivity index (χ3n) is 4.23. The lowest BCUT2D eigenvalue weighted by Crippen LogP contribution is -2.51. The second-order valence-electron chi connectivity index (χ2n) is 5.85. The number of amides is 1. The van der Waals surface area contributed by atoms with Crippen LogP contribution in [0.2, 0.25) is 0 Å². The number of carbonyl (C=O) groups excluding carboxylic acids is 1. The van der Waals surface area contributed by atoms with Crippen LogP contribution in [0.4, 0.5) is 0 Å². The van der Waals surface area contributed by atoms with Crippen molar-refractivity contribution in [2.75, 3.05) is 18.1 Å². The number of nitrogens with zero attached hydrogens (tertiary/aromatic N) is 1. The van der Waals surface area contributed by atoms with Gasteiger partial charge in [0, 0.05) is 12.6 Å². The third kappa shape index (κ3) is 4.45. The monoisotopic (exact) mass is 304 g/mol. The summed E-state index contributed by atoms with van der Waals surface area (Å²) in [4.78, 5) is 14.3. The van der Waals surface area contributed by atoms with Crippen LogP contribution in [0.1, 0.15) is 46.5 Å². The number of hydrogen-bond donors (Lipinski definition) is 1. The first-order valence-electron chi connectivity index (χ1n) is 7.58. The number of unbranched alkanes of at least 4 members (excludes halogenated alkanes) is 1. The van der Waals surface area contributed by atoms with Gasteiger partial charge in [-0.05, 0) is 18.8 Å². The lowest BCUT2D eigenvalue weighted by atomic mass is 9.98. The highest BCUT2D eigenvalue weighted by Gasteiger charge is 2.36. The molecule has 1 fully saturated rings. The number of nitrogens with two attached hydrogens (primary N) is 1. The second-order valence-corrected chi connectivity index (χ2v) is 8.08. The minimum Gasteiger partial charge on any atom is -0.337 e. The molecule has 1 aliphatic rings. The van der Waals surface area contributed by atoms with Crippen LogP contribution in [-0.2, 0) is 14.6 Å². The molecular weight excluding hydrogens is 276 g/mol. The Balaban J connectivity index is 2.81. The van der Waals surface area contributed by atoms with Crippen LogP contribution in [-0.4, -0.2) is 49.4 Å². The van der Waals surface area contributed by atoms with Crippen molar-refractivity contribution in [3.63, 3.8) is 0 Å². The summed E-state index contributed by atoms with van der Waals surface area (Å²) < 4.78 is 23.3. The fourth-order valence-electron chi connectivity index (χ4n) is 2.51. The van der Waals surface area contributed by atoms with E-state index in [0.29, 0.717) is 13.0 Å². The van der Waals surface area contributed by atoms with Crippen molar-refractivity contribution in [1.29, 1.82) is 0 Å². The van der Waals surface area contributed by atoms with Gasteiger partial charge in [0.15, 0.2) is 9.84 Å². The van der Waals surface area contributed by atoms with Gasteiger partial charge in [0.25, 0.3) is 0 Å². The molecule has 0 aromatic carbocycles. The van der Waals surface area contributed by atoms with Crippen LogP contribution in [0.3, 0.4) is 0 Å². The summed E-state index contributed by atoms with van der Waals surface area (Å²) in [5, 5.41) is 0. The number of rotatable bonds is 7. The molecule has 1 aliphatic heterocycles. The molecule has 0 saturated carbocycles. The average Bonchev–Trinajstić information content (AvgIpc) is 2.77. The highest BCUT2D eigenvalue weighted by Crippen LogP contribution is 2.20. The first kappa shape index (κ1) is 17.4. The SMILES string of the molecule is CCCCN(C(=O)C(N)C(C)CC)C1CCS(=O)(=O)C1. The quantitative estimate of drug-likeness (QED) is 0.766. The summed E-state index contributed by atoms with van der Waals surface area (Å²) in [5.74, 6) is 0.307. The Hall–Kier alpha value is -0.620. The average molecular weight is 304 g/mol. The van der Waals surface area contributed by atoms with Gasteiger partial charge in [-0.1, -0.05) is 33.6 Å². The van der Waals surface area contributed by atoms with E-state index < -0.39 is 15.9 Å². The standard InChI is InChI=1S/C14H28N2O3S/c1-4-6-8-16(12-7-9-20(18,19)10-12)14(17)13(15)11(3)5-2/h11-13H,4-10,15H2,1-3H3. The predicted octanol–water partition coefficient (Wildman–Crippen LogP) is 1.18. The molecule has 118 valence electrons. The van der Waals surface area contributed by atoms with Crippen LogP contribution in [0.5, 0.6) is 0 Å². The molecule has 3 atom stereocenters. The van der Waals surface area contributed by atoms with Crippen molar-refractivity contribution >= 4 is 15.7 Å². The van der Waals surface area contributed by atoms with E-state index in [-0.39, 0.29) is 29.4 Å². The van der Waals surface area contributed by atoms with Crippen molar-refractivity contribution in [2.24, 2.45) is 11.7 Å². The van der Waals surface area contributed by atoms with Crippen molar-refractivity contribution in [3.05, 3.63) is 0 Å². The van der Waals surface area contributed by atoms with Crippen LogP contribution < -0.4 is 5.73 Å². The lowest BCUT2D eigenvalue weighted by molar-refractivity contribution is -0.135. The number of sulfone groups is 1. The Bertz CT molecular complexity index is 422. The molecule has 0 aromatic rings. The molecule has 0 radical (unpaired) electrons. The summed E-state index contributed by atoms with van der Waals surface area (Å²) >= 11 is 0. The van der Waals surface area contributed by atoms with Crippen molar-refractivity contribution in [2.45, 2.75) is 58.5 Å². The van der Waals surface area contributed by atoms with E-state index in [2.05, 4.69) is 6.92 Å². The van der Waals surface area contributed by atoms with Gasteiger partial charge in [-0.15, -0.1) is 0 Å². The normalized spacial score (nSPS) is 24.3. The van der Waals surface area contributed by atoms with Gasteiger partial charge in [0.05, 0.1) is 17.5 Å². The van der Waals surface area contributed by atoms with Crippen LogP contribution in [0, 0.1) is 5.92 Å². The number of carbonyl (C=O) groups is 1. The van der Waals surface area contributed by atoms with E-state index in [4.69, 9.17) is 5.73 Å². The van der Waals surface area contributed by atoms with E-state index >= 15 is 0 Å². The smallest absolute Gasteiger partial charge is 0.240 e. The minimum atomic E-state index is -2.99. The first-order valence-corrected chi connectivity index (χ1v) is 9.41. The third-order valence-corrected chi connectivity index (χ3v) is 5.98. The molecule has 3 unspecified atom stereocenters. The first-order chi connectivity index (χ1) is 9.32. The maximum atomic E-state index is 12.6. The van der Waals surface area contributed by atoms with Gasteiger partial charge < -0.3 is 10.6 Å². The molecule has 0 aliphatic carbocycles. The molecule has 0 spiro atoms. The zero-order valence-corrected chi connectivity index (χ0v) is 13.7. The predicted molar refractivity (Wildman–Crippen MR) is 81.1 cm³/mol. The van der Waals surface area contributed by atoms with Gasteiger partial charge in [0.2, 0.25) is 5.91 Å². The lowest BCUT2D eigenvalue weighted by Gasteiger charge is -2.32. The summed E-state index contributed by atoms with van der Waals surface area (Å²) in [5.41, 5.74) is 6.04. The van der Waals surface area contributed by atoms with Crippen molar-refractivity contribution < 1.29 is 13.2 Å². The van der Waals surface area contributed by atoms with E-state index in [0.717, 1.165) is 19.3 Å². The van der Waals surface area contributed by atoms with Gasteiger partial charge >= 0.3 is 0 Å². The summed E-state index contributed by atoms with van der Waals surface area (Å²) in [6, 6.07) is -0.714. The van der Waals surface area contributed by atoms with Crippen molar-refractivity contribution in [1.82, 2.24) is 4.90 Å². The molecule has 1 amide bonds. The minimum absolute atomic E-state index is 0.0881. The molecule has 1 heterocycles. The molecule has 0 aromatic heterocycles. The molecule has 1 saturated heterocycles. The Morgan fingerprint density at radius 1 is 1.40 bits per heavy atom. The summed E-state index contributed by atoms with van der Waals surface area (Å²) in [7, 11) is -2.99. The van der Waals surface area contributed by atoms with Gasteiger partial charge in [-0.3, -0.25) is 4.79 Å². The topological polar surface area (TPSA) is 80.5 Å². The van der Waals surface area contributed by atoms with Gasteiger partial charge in [-0.2, -0.15) is 0 Å².